The van der Waals surface area contributed by atoms with Crippen LogP contribution in [0.3, 0.4) is 0 Å². The van der Waals surface area contributed by atoms with Crippen molar-refractivity contribution in [3.05, 3.63) is 78.0 Å². The maximum absolute atomic E-state index is 12.4. The first-order chi connectivity index (χ1) is 27.8. The third-order valence-electron chi connectivity index (χ3n) is 12.0. The summed E-state index contributed by atoms with van der Waals surface area (Å²) < 4.78 is 3.35. The van der Waals surface area contributed by atoms with Gasteiger partial charge < -0.3 is 10.2 Å². The minimum absolute atomic E-state index is 0.183. The summed E-state index contributed by atoms with van der Waals surface area (Å²) >= 11 is 0. The molecule has 2 N–H and O–H groups in total. The molecule has 2 amide bonds. The number of anilines is 2. The zero-order valence-electron chi connectivity index (χ0n) is 32.4. The number of rotatable bonds is 11. The van der Waals surface area contributed by atoms with Gasteiger partial charge in [0.1, 0.15) is 17.8 Å². The van der Waals surface area contributed by atoms with Crippen LogP contribution in [0.2, 0.25) is 0 Å². The molecule has 2 aliphatic heterocycles. The lowest BCUT2D eigenvalue weighted by Crippen LogP contribution is -2.53. The van der Waals surface area contributed by atoms with Crippen LogP contribution >= 0.6 is 0 Å². The molecule has 1 aromatic carbocycles. The monoisotopic (exact) mass is 765 g/mol. The van der Waals surface area contributed by atoms with E-state index in [0.29, 0.717) is 59.1 Å². The van der Waals surface area contributed by atoms with Gasteiger partial charge in [0.25, 0.3) is 0 Å². The molecule has 0 spiro atoms. The van der Waals surface area contributed by atoms with Crippen molar-refractivity contribution >= 4 is 34.2 Å². The number of imide groups is 1. The number of nitrogens with one attached hydrogen (secondary N) is 2. The number of hydrogen-bond donors (Lipinski definition) is 2. The summed E-state index contributed by atoms with van der Waals surface area (Å²) in [6, 6.07) is 16.3. The molecule has 4 aromatic heterocycles. The van der Waals surface area contributed by atoms with Gasteiger partial charge in [-0.05, 0) is 88.1 Å². The fourth-order valence-electron chi connectivity index (χ4n) is 8.68. The Hall–Kier alpha value is -6.19. The van der Waals surface area contributed by atoms with Crippen LogP contribution in [0, 0.1) is 28.6 Å². The molecular formula is C42H47N13O2. The molecule has 15 heteroatoms. The third kappa shape index (κ3) is 8.07. The standard InChI is InChI=1S/C42H47N13O2/c1-3-33-25-52(16-17-53(33)34-10-8-30(9-11-34)35-12-13-40(56)49-42(35)57)15-14-28-4-6-31(7-5-28)37-26-54(51-50-37)38-24-45-39(19-36(38)48-27(2)20-43)55-41-32(23-47-55)18-29(21-44)22-46-41/h8-11,18-19,22-24,26-28,31,33,35H,3-7,12-17,25H2,1-2H3,(H,45,48)(H,49,56,57)/t27-,28?,31?,33+,35?/m1/s1. The van der Waals surface area contributed by atoms with E-state index in [9.17, 15) is 20.1 Å². The van der Waals surface area contributed by atoms with E-state index in [2.05, 4.69) is 89.1 Å². The summed E-state index contributed by atoms with van der Waals surface area (Å²) in [5.41, 5.74) is 5.52. The van der Waals surface area contributed by atoms with Crippen molar-refractivity contribution in [3.8, 4) is 23.6 Å². The highest BCUT2D eigenvalue weighted by Gasteiger charge is 2.31. The fraction of sp³-hybridized carbons (Fsp3) is 0.452. The van der Waals surface area contributed by atoms with Crippen LogP contribution < -0.4 is 15.5 Å². The SMILES string of the molecule is CC[C@H]1CN(CCC2CCC(c3cn(-c4cnc(-n5ncc6cc(C#N)cnc65)cc4N[C@H](C)C#N)nn3)CC2)CCN1c1ccc(C2CCC(=O)NC2=O)cc1. The molecule has 15 nitrogen and oxygen atoms in total. The average molecular weight is 766 g/mol. The Morgan fingerprint density at radius 1 is 1.00 bits per heavy atom. The Labute approximate surface area is 331 Å². The van der Waals surface area contributed by atoms with Gasteiger partial charge in [-0.25, -0.2) is 14.6 Å². The van der Waals surface area contributed by atoms with Crippen LogP contribution in [-0.4, -0.2) is 89.7 Å². The van der Waals surface area contributed by atoms with Gasteiger partial charge in [-0.2, -0.15) is 20.3 Å². The number of nitrogens with zero attached hydrogens (tertiary/aromatic N) is 11. The Bertz CT molecular complexity index is 2330. The van der Waals surface area contributed by atoms with Gasteiger partial charge in [0, 0.05) is 61.4 Å². The molecular weight excluding hydrogens is 719 g/mol. The Kier molecular flexibility index (Phi) is 10.9. The van der Waals surface area contributed by atoms with Gasteiger partial charge in [0.2, 0.25) is 11.8 Å². The molecule has 8 rings (SSSR count). The molecule has 3 fully saturated rings. The second-order valence-electron chi connectivity index (χ2n) is 15.6. The highest BCUT2D eigenvalue weighted by molar-refractivity contribution is 6.01. The smallest absolute Gasteiger partial charge is 0.234 e. The second-order valence-corrected chi connectivity index (χ2v) is 15.6. The number of piperazine rings is 1. The van der Waals surface area contributed by atoms with Crippen LogP contribution in [0.5, 0.6) is 0 Å². The van der Waals surface area contributed by atoms with Crippen molar-refractivity contribution in [1.82, 2.24) is 45.0 Å². The van der Waals surface area contributed by atoms with E-state index >= 15 is 0 Å². The normalized spacial score (nSPS) is 22.1. The van der Waals surface area contributed by atoms with Crippen LogP contribution in [0.25, 0.3) is 22.5 Å². The molecule has 2 saturated heterocycles. The third-order valence-corrected chi connectivity index (χ3v) is 12.0. The molecule has 1 unspecified atom stereocenters. The van der Waals surface area contributed by atoms with Gasteiger partial charge in [-0.15, -0.1) is 5.10 Å². The number of piperidine rings is 1. The second kappa shape index (κ2) is 16.5. The van der Waals surface area contributed by atoms with Crippen LogP contribution in [0.4, 0.5) is 11.4 Å². The summed E-state index contributed by atoms with van der Waals surface area (Å²) in [6.45, 7) is 8.21. The highest BCUT2D eigenvalue weighted by atomic mass is 16.2. The summed E-state index contributed by atoms with van der Waals surface area (Å²) in [5, 5.41) is 38.9. The quantitative estimate of drug-likeness (QED) is 0.164. The molecule has 3 atom stereocenters. The lowest BCUT2D eigenvalue weighted by atomic mass is 9.79. The molecule has 3 aliphatic rings. The molecule has 292 valence electrons. The summed E-state index contributed by atoms with van der Waals surface area (Å²) in [5.74, 6) is 0.914. The van der Waals surface area contributed by atoms with Crippen molar-refractivity contribution in [3.63, 3.8) is 0 Å². The highest BCUT2D eigenvalue weighted by Crippen LogP contribution is 2.37. The van der Waals surface area contributed by atoms with Crippen LogP contribution in [0.15, 0.2) is 61.2 Å². The molecule has 5 aromatic rings. The first kappa shape index (κ1) is 37.7. The molecule has 6 heterocycles. The van der Waals surface area contributed by atoms with Gasteiger partial charge in [0.15, 0.2) is 11.5 Å². The predicted molar refractivity (Wildman–Crippen MR) is 214 cm³/mol. The van der Waals surface area contributed by atoms with E-state index in [1.807, 2.05) is 12.3 Å². The number of fused-ring (bicyclic) bond motifs is 1. The molecule has 0 bridgehead atoms. The maximum Gasteiger partial charge on any atom is 0.234 e. The van der Waals surface area contributed by atoms with Gasteiger partial charge in [0.05, 0.1) is 47.5 Å². The van der Waals surface area contributed by atoms with Crippen molar-refractivity contribution in [1.29, 1.82) is 10.5 Å². The minimum Gasteiger partial charge on any atom is -0.368 e. The number of pyridine rings is 2. The summed E-state index contributed by atoms with van der Waals surface area (Å²) in [7, 11) is 0. The number of carbonyl (C=O) groups excluding carboxylic acids is 2. The zero-order valence-corrected chi connectivity index (χ0v) is 32.4. The largest absolute Gasteiger partial charge is 0.368 e. The summed E-state index contributed by atoms with van der Waals surface area (Å²) in [4.78, 5) is 38.2. The van der Waals surface area contributed by atoms with E-state index in [4.69, 9.17) is 0 Å². The van der Waals surface area contributed by atoms with Crippen LogP contribution in [-0.2, 0) is 9.59 Å². The van der Waals surface area contributed by atoms with E-state index in [1.54, 1.807) is 34.7 Å². The van der Waals surface area contributed by atoms with Gasteiger partial charge in [-0.3, -0.25) is 19.8 Å². The van der Waals surface area contributed by atoms with E-state index in [-0.39, 0.29) is 17.7 Å². The molecule has 1 saturated carbocycles. The zero-order chi connectivity index (χ0) is 39.5. The minimum atomic E-state index is -0.467. The van der Waals surface area contributed by atoms with Crippen molar-refractivity contribution < 1.29 is 9.59 Å². The topological polar surface area (TPSA) is 187 Å². The summed E-state index contributed by atoms with van der Waals surface area (Å²) in [6.07, 6.45) is 14.6. The number of amides is 2. The van der Waals surface area contributed by atoms with Crippen molar-refractivity contribution in [2.45, 2.75) is 89.1 Å². The maximum atomic E-state index is 12.4. The van der Waals surface area contributed by atoms with Crippen LogP contribution in [0.1, 0.15) is 93.9 Å². The molecule has 1 aliphatic carbocycles. The van der Waals surface area contributed by atoms with Crippen molar-refractivity contribution in [2.24, 2.45) is 5.92 Å². The van der Waals surface area contributed by atoms with E-state index in [0.717, 1.165) is 62.1 Å². The number of carbonyl (C=O) groups is 2. The Morgan fingerprint density at radius 3 is 2.58 bits per heavy atom. The first-order valence-corrected chi connectivity index (χ1v) is 20.1. The number of benzene rings is 1. The first-order valence-electron chi connectivity index (χ1n) is 20.1. The lowest BCUT2D eigenvalue weighted by molar-refractivity contribution is -0.134. The average Bonchev–Trinajstić information content (AvgIpc) is 3.91. The Morgan fingerprint density at radius 2 is 1.82 bits per heavy atom. The number of nitriles is 2. The molecule has 57 heavy (non-hydrogen) atoms. The fourth-order valence-corrected chi connectivity index (χ4v) is 8.68. The lowest BCUT2D eigenvalue weighted by Gasteiger charge is -2.43. The van der Waals surface area contributed by atoms with Gasteiger partial charge in [-0.1, -0.05) is 24.3 Å². The van der Waals surface area contributed by atoms with Gasteiger partial charge >= 0.3 is 0 Å². The van der Waals surface area contributed by atoms with E-state index in [1.165, 1.54) is 31.1 Å². The number of aromatic nitrogens is 7. The predicted octanol–water partition coefficient (Wildman–Crippen LogP) is 5.38. The number of hydrogen-bond acceptors (Lipinski definition) is 12. The van der Waals surface area contributed by atoms with Crippen molar-refractivity contribution in [2.75, 3.05) is 36.4 Å². The molecule has 0 radical (unpaired) electrons. The Balaban J connectivity index is 0.855. The van der Waals surface area contributed by atoms with E-state index < -0.39 is 6.04 Å².